The van der Waals surface area contributed by atoms with Crippen molar-refractivity contribution < 1.29 is 0 Å². The topological polar surface area (TPSA) is 32.5 Å². The zero-order valence-corrected chi connectivity index (χ0v) is 9.57. The van der Waals surface area contributed by atoms with E-state index in [0.717, 1.165) is 18.6 Å². The molecule has 3 heteroatoms. The molecule has 0 spiro atoms. The SMILES string of the molecule is NC1CCN(C2CCN(C3CC3)CC2)C1. The summed E-state index contributed by atoms with van der Waals surface area (Å²) in [5.41, 5.74) is 5.97. The van der Waals surface area contributed by atoms with Gasteiger partial charge in [-0.2, -0.15) is 0 Å². The van der Waals surface area contributed by atoms with Gasteiger partial charge in [-0.25, -0.2) is 0 Å². The van der Waals surface area contributed by atoms with E-state index in [1.165, 1.54) is 51.7 Å². The Morgan fingerprint density at radius 1 is 0.733 bits per heavy atom. The van der Waals surface area contributed by atoms with Crippen molar-refractivity contribution in [2.45, 2.75) is 50.2 Å². The standard InChI is InChI=1S/C12H23N3/c13-10-3-6-15(9-10)12-4-7-14(8-5-12)11-1-2-11/h10-12H,1-9,13H2. The number of rotatable bonds is 2. The molecule has 3 fully saturated rings. The average Bonchev–Trinajstić information content (AvgIpc) is 3.02. The van der Waals surface area contributed by atoms with Crippen LogP contribution in [0.5, 0.6) is 0 Å². The number of nitrogens with two attached hydrogens (primary N) is 1. The van der Waals surface area contributed by atoms with Crippen LogP contribution >= 0.6 is 0 Å². The van der Waals surface area contributed by atoms with Gasteiger partial charge in [-0.15, -0.1) is 0 Å². The van der Waals surface area contributed by atoms with Crippen LogP contribution in [0.15, 0.2) is 0 Å². The van der Waals surface area contributed by atoms with Gasteiger partial charge in [0.05, 0.1) is 0 Å². The Balaban J connectivity index is 1.48. The molecule has 2 N–H and O–H groups in total. The highest BCUT2D eigenvalue weighted by atomic mass is 15.2. The molecule has 1 saturated carbocycles. The molecule has 2 heterocycles. The van der Waals surface area contributed by atoms with Gasteiger partial charge in [0, 0.05) is 31.2 Å². The quantitative estimate of drug-likeness (QED) is 0.724. The van der Waals surface area contributed by atoms with E-state index in [9.17, 15) is 0 Å². The van der Waals surface area contributed by atoms with E-state index in [0.29, 0.717) is 6.04 Å². The summed E-state index contributed by atoms with van der Waals surface area (Å²) in [6.07, 6.45) is 6.88. The van der Waals surface area contributed by atoms with Gasteiger partial charge in [0.15, 0.2) is 0 Å². The first kappa shape index (κ1) is 10.1. The number of hydrogen-bond donors (Lipinski definition) is 1. The minimum absolute atomic E-state index is 0.450. The summed E-state index contributed by atoms with van der Waals surface area (Å²) < 4.78 is 0. The van der Waals surface area contributed by atoms with Gasteiger partial charge < -0.3 is 10.6 Å². The summed E-state index contributed by atoms with van der Waals surface area (Å²) in [5, 5.41) is 0. The van der Waals surface area contributed by atoms with E-state index in [4.69, 9.17) is 5.73 Å². The summed E-state index contributed by atoms with van der Waals surface area (Å²) in [7, 11) is 0. The first-order chi connectivity index (χ1) is 7.33. The van der Waals surface area contributed by atoms with Crippen molar-refractivity contribution in [3.63, 3.8) is 0 Å². The van der Waals surface area contributed by atoms with Crippen LogP contribution in [0.25, 0.3) is 0 Å². The second-order valence-corrected chi connectivity index (χ2v) is 5.54. The average molecular weight is 209 g/mol. The molecule has 0 aromatic heterocycles. The molecule has 0 aromatic rings. The van der Waals surface area contributed by atoms with Gasteiger partial charge >= 0.3 is 0 Å². The molecule has 15 heavy (non-hydrogen) atoms. The molecule has 3 aliphatic rings. The Kier molecular flexibility index (Phi) is 2.71. The summed E-state index contributed by atoms with van der Waals surface area (Å²) in [5.74, 6) is 0. The predicted molar refractivity (Wildman–Crippen MR) is 61.8 cm³/mol. The third-order valence-electron chi connectivity index (χ3n) is 4.33. The predicted octanol–water partition coefficient (Wildman–Crippen LogP) is 0.646. The van der Waals surface area contributed by atoms with E-state index < -0.39 is 0 Å². The largest absolute Gasteiger partial charge is 0.326 e. The zero-order chi connectivity index (χ0) is 10.3. The smallest absolute Gasteiger partial charge is 0.0180 e. The van der Waals surface area contributed by atoms with Crippen molar-refractivity contribution >= 4 is 0 Å². The fourth-order valence-electron chi connectivity index (χ4n) is 3.20. The minimum Gasteiger partial charge on any atom is -0.326 e. The molecule has 3 nitrogen and oxygen atoms in total. The number of hydrogen-bond acceptors (Lipinski definition) is 3. The monoisotopic (exact) mass is 209 g/mol. The highest BCUT2D eigenvalue weighted by Crippen LogP contribution is 2.30. The molecule has 1 unspecified atom stereocenters. The lowest BCUT2D eigenvalue weighted by molar-refractivity contribution is 0.121. The number of nitrogens with zero attached hydrogens (tertiary/aromatic N) is 2. The van der Waals surface area contributed by atoms with Crippen LogP contribution in [0.4, 0.5) is 0 Å². The van der Waals surface area contributed by atoms with Crippen LogP contribution in [0.2, 0.25) is 0 Å². The molecule has 0 bridgehead atoms. The lowest BCUT2D eigenvalue weighted by Crippen LogP contribution is -2.45. The molecule has 2 saturated heterocycles. The van der Waals surface area contributed by atoms with Gasteiger partial charge in [0.1, 0.15) is 0 Å². The maximum atomic E-state index is 5.97. The third kappa shape index (κ3) is 2.19. The van der Waals surface area contributed by atoms with Crippen molar-refractivity contribution in [2.24, 2.45) is 5.73 Å². The van der Waals surface area contributed by atoms with Crippen LogP contribution < -0.4 is 5.73 Å². The maximum absolute atomic E-state index is 5.97. The number of piperidine rings is 1. The summed E-state index contributed by atoms with van der Waals surface area (Å²) in [6.45, 7) is 5.06. The van der Waals surface area contributed by atoms with Crippen LogP contribution in [-0.4, -0.2) is 54.1 Å². The molecular formula is C12H23N3. The van der Waals surface area contributed by atoms with Crippen molar-refractivity contribution in [1.29, 1.82) is 0 Å². The molecule has 3 rings (SSSR count). The first-order valence-electron chi connectivity index (χ1n) is 6.56. The molecule has 1 aliphatic carbocycles. The normalized spacial score (nSPS) is 36.2. The Morgan fingerprint density at radius 2 is 1.33 bits per heavy atom. The summed E-state index contributed by atoms with van der Waals surface area (Å²) in [6, 6.07) is 2.26. The molecular weight excluding hydrogens is 186 g/mol. The molecule has 86 valence electrons. The van der Waals surface area contributed by atoms with Gasteiger partial charge in [0.2, 0.25) is 0 Å². The zero-order valence-electron chi connectivity index (χ0n) is 9.57. The molecule has 1 atom stereocenters. The summed E-state index contributed by atoms with van der Waals surface area (Å²) in [4.78, 5) is 5.33. The lowest BCUT2D eigenvalue weighted by atomic mass is 10.0. The van der Waals surface area contributed by atoms with E-state index in [1.807, 2.05) is 0 Å². The van der Waals surface area contributed by atoms with Gasteiger partial charge in [-0.3, -0.25) is 4.90 Å². The second-order valence-electron chi connectivity index (χ2n) is 5.54. The molecule has 2 aliphatic heterocycles. The summed E-state index contributed by atoms with van der Waals surface area (Å²) >= 11 is 0. The Hall–Kier alpha value is -0.120. The molecule has 0 radical (unpaired) electrons. The van der Waals surface area contributed by atoms with Crippen LogP contribution in [0, 0.1) is 0 Å². The van der Waals surface area contributed by atoms with Gasteiger partial charge in [0.25, 0.3) is 0 Å². The fraction of sp³-hybridized carbons (Fsp3) is 1.00. The van der Waals surface area contributed by atoms with Gasteiger partial charge in [-0.1, -0.05) is 0 Å². The van der Waals surface area contributed by atoms with Crippen LogP contribution in [-0.2, 0) is 0 Å². The maximum Gasteiger partial charge on any atom is 0.0180 e. The minimum atomic E-state index is 0.450. The Morgan fingerprint density at radius 3 is 1.87 bits per heavy atom. The first-order valence-corrected chi connectivity index (χ1v) is 6.56. The van der Waals surface area contributed by atoms with Gasteiger partial charge in [-0.05, 0) is 45.2 Å². The molecule has 0 aromatic carbocycles. The second kappa shape index (κ2) is 4.04. The fourth-order valence-corrected chi connectivity index (χ4v) is 3.20. The Bertz CT molecular complexity index is 219. The van der Waals surface area contributed by atoms with E-state index in [2.05, 4.69) is 9.80 Å². The Labute approximate surface area is 92.6 Å². The molecule has 0 amide bonds. The van der Waals surface area contributed by atoms with E-state index in [1.54, 1.807) is 0 Å². The number of likely N-dealkylation sites (tertiary alicyclic amines) is 2. The lowest BCUT2D eigenvalue weighted by Gasteiger charge is -2.36. The third-order valence-corrected chi connectivity index (χ3v) is 4.33. The van der Waals surface area contributed by atoms with Crippen molar-refractivity contribution in [3.8, 4) is 0 Å². The van der Waals surface area contributed by atoms with Crippen molar-refractivity contribution in [1.82, 2.24) is 9.80 Å². The highest BCUT2D eigenvalue weighted by molar-refractivity contribution is 4.91. The van der Waals surface area contributed by atoms with E-state index >= 15 is 0 Å². The van der Waals surface area contributed by atoms with E-state index in [-0.39, 0.29) is 0 Å². The van der Waals surface area contributed by atoms with Crippen LogP contribution in [0.3, 0.4) is 0 Å². The van der Waals surface area contributed by atoms with Crippen molar-refractivity contribution in [3.05, 3.63) is 0 Å². The highest BCUT2D eigenvalue weighted by Gasteiger charge is 2.34. The van der Waals surface area contributed by atoms with Crippen molar-refractivity contribution in [2.75, 3.05) is 26.2 Å². The van der Waals surface area contributed by atoms with Crippen LogP contribution in [0.1, 0.15) is 32.1 Å².